The van der Waals surface area contributed by atoms with E-state index in [0.29, 0.717) is 29.6 Å². The third-order valence-corrected chi connectivity index (χ3v) is 7.25. The number of rotatable bonds is 3. The first-order valence-corrected chi connectivity index (χ1v) is 11.3. The Morgan fingerprint density at radius 2 is 1.84 bits per heavy atom. The maximum Gasteiger partial charge on any atom is 0.262 e. The first-order valence-electron chi connectivity index (χ1n) is 11.3. The first-order chi connectivity index (χ1) is 15.0. The van der Waals surface area contributed by atoms with Crippen LogP contribution in [0.25, 0.3) is 0 Å². The van der Waals surface area contributed by atoms with Crippen LogP contribution in [-0.4, -0.2) is 65.1 Å². The number of hydrogen-bond donors (Lipinski definition) is 2. The number of benzene rings is 1. The molecule has 1 saturated carbocycles. The minimum Gasteiger partial charge on any atom is -0.315 e. The van der Waals surface area contributed by atoms with Gasteiger partial charge in [-0.1, -0.05) is 25.0 Å². The maximum absolute atomic E-state index is 13.4. The van der Waals surface area contributed by atoms with Gasteiger partial charge in [-0.3, -0.25) is 34.3 Å². The average Bonchev–Trinajstić information content (AvgIpc) is 2.90. The monoisotopic (exact) mass is 424 g/mol. The van der Waals surface area contributed by atoms with Crippen molar-refractivity contribution in [2.45, 2.75) is 57.2 Å². The number of imide groups is 2. The van der Waals surface area contributed by atoms with E-state index in [4.69, 9.17) is 0 Å². The number of carbonyl (C=O) groups excluding carboxylic acids is 4. The SMILES string of the molecule is O=C1CCC(N2C(=O)c3cccc(CN4CCNCC5CCCCC54)c3C2=O)C(=O)N1. The fourth-order valence-electron chi connectivity index (χ4n) is 5.71. The molecule has 4 amide bonds. The maximum atomic E-state index is 13.4. The topological polar surface area (TPSA) is 98.8 Å². The smallest absolute Gasteiger partial charge is 0.262 e. The molecule has 8 heteroatoms. The molecular formula is C23H28N4O4. The summed E-state index contributed by atoms with van der Waals surface area (Å²) in [6.45, 7) is 3.48. The molecule has 0 aromatic heterocycles. The van der Waals surface area contributed by atoms with Gasteiger partial charge < -0.3 is 5.32 Å². The number of hydrogen-bond acceptors (Lipinski definition) is 6. The van der Waals surface area contributed by atoms with E-state index in [1.165, 1.54) is 19.3 Å². The fraction of sp³-hybridized carbons (Fsp3) is 0.565. The van der Waals surface area contributed by atoms with Crippen LogP contribution >= 0.6 is 0 Å². The summed E-state index contributed by atoms with van der Waals surface area (Å²) < 4.78 is 0. The Hall–Kier alpha value is -2.58. The molecule has 1 aromatic rings. The van der Waals surface area contributed by atoms with Crippen molar-refractivity contribution in [2.75, 3.05) is 19.6 Å². The van der Waals surface area contributed by atoms with E-state index in [0.717, 1.165) is 36.5 Å². The summed E-state index contributed by atoms with van der Waals surface area (Å²) in [5.41, 5.74) is 1.62. The van der Waals surface area contributed by atoms with Crippen LogP contribution < -0.4 is 10.6 Å². The molecule has 31 heavy (non-hydrogen) atoms. The molecule has 3 fully saturated rings. The predicted octanol–water partition coefficient (Wildman–Crippen LogP) is 1.05. The number of nitrogens with zero attached hydrogens (tertiary/aromatic N) is 2. The van der Waals surface area contributed by atoms with Gasteiger partial charge in [0.2, 0.25) is 11.8 Å². The summed E-state index contributed by atoms with van der Waals surface area (Å²) in [7, 11) is 0. The summed E-state index contributed by atoms with van der Waals surface area (Å²) in [6, 6.07) is 4.97. The molecule has 3 aliphatic heterocycles. The van der Waals surface area contributed by atoms with Crippen molar-refractivity contribution in [1.82, 2.24) is 20.4 Å². The molecule has 0 bridgehead atoms. The molecule has 2 N–H and O–H groups in total. The zero-order valence-electron chi connectivity index (χ0n) is 17.6. The summed E-state index contributed by atoms with van der Waals surface area (Å²) >= 11 is 0. The average molecular weight is 425 g/mol. The minimum atomic E-state index is -0.928. The van der Waals surface area contributed by atoms with Gasteiger partial charge in [0, 0.05) is 32.1 Å². The Morgan fingerprint density at radius 3 is 2.68 bits per heavy atom. The number of amides is 4. The van der Waals surface area contributed by atoms with Gasteiger partial charge in [0.15, 0.2) is 0 Å². The van der Waals surface area contributed by atoms with Crippen molar-refractivity contribution in [3.63, 3.8) is 0 Å². The molecule has 5 rings (SSSR count). The largest absolute Gasteiger partial charge is 0.315 e. The Balaban J connectivity index is 1.43. The lowest BCUT2D eigenvalue weighted by atomic mass is 9.83. The van der Waals surface area contributed by atoms with Gasteiger partial charge in [0.25, 0.3) is 11.8 Å². The standard InChI is InChI=1S/C23H28N4O4/c28-19-9-8-18(21(29)25-19)27-22(30)16-6-3-5-15(20(16)23(27)31)13-26-11-10-24-12-14-4-1-2-7-17(14)26/h3,5-6,14,17-18,24H,1-2,4,7-13H2,(H,25,28,29). The summed E-state index contributed by atoms with van der Waals surface area (Å²) in [5.74, 6) is -1.18. The molecule has 4 aliphatic rings. The van der Waals surface area contributed by atoms with Crippen LogP contribution in [-0.2, 0) is 16.1 Å². The molecule has 164 valence electrons. The van der Waals surface area contributed by atoms with Crippen molar-refractivity contribution < 1.29 is 19.2 Å². The van der Waals surface area contributed by atoms with E-state index < -0.39 is 23.8 Å². The predicted molar refractivity (Wildman–Crippen MR) is 112 cm³/mol. The van der Waals surface area contributed by atoms with Crippen molar-refractivity contribution in [2.24, 2.45) is 5.92 Å². The van der Waals surface area contributed by atoms with Crippen molar-refractivity contribution >= 4 is 23.6 Å². The lowest BCUT2D eigenvalue weighted by Crippen LogP contribution is -2.54. The molecular weight excluding hydrogens is 396 g/mol. The Bertz CT molecular complexity index is 946. The molecule has 0 radical (unpaired) electrons. The van der Waals surface area contributed by atoms with E-state index >= 15 is 0 Å². The highest BCUT2D eigenvalue weighted by molar-refractivity contribution is 6.24. The van der Waals surface area contributed by atoms with Gasteiger partial charge in [-0.2, -0.15) is 0 Å². The fourth-order valence-corrected chi connectivity index (χ4v) is 5.71. The number of nitrogens with one attached hydrogen (secondary N) is 2. The van der Waals surface area contributed by atoms with E-state index in [1.807, 2.05) is 12.1 Å². The highest BCUT2D eigenvalue weighted by Crippen LogP contribution is 2.33. The lowest BCUT2D eigenvalue weighted by molar-refractivity contribution is -0.136. The lowest BCUT2D eigenvalue weighted by Gasteiger charge is -2.38. The molecule has 1 aliphatic carbocycles. The van der Waals surface area contributed by atoms with Gasteiger partial charge in [-0.05, 0) is 43.4 Å². The van der Waals surface area contributed by atoms with Crippen LogP contribution in [0.2, 0.25) is 0 Å². The summed E-state index contributed by atoms with van der Waals surface area (Å²) in [4.78, 5) is 53.8. The van der Waals surface area contributed by atoms with Crippen molar-refractivity contribution in [3.05, 3.63) is 34.9 Å². The molecule has 3 unspecified atom stereocenters. The van der Waals surface area contributed by atoms with Gasteiger partial charge >= 0.3 is 0 Å². The van der Waals surface area contributed by atoms with Crippen molar-refractivity contribution in [3.8, 4) is 0 Å². The van der Waals surface area contributed by atoms with Crippen LogP contribution in [0.3, 0.4) is 0 Å². The second kappa shape index (κ2) is 8.16. The van der Waals surface area contributed by atoms with E-state index in [9.17, 15) is 19.2 Å². The number of fused-ring (bicyclic) bond motifs is 2. The van der Waals surface area contributed by atoms with Crippen LogP contribution in [0.4, 0.5) is 0 Å². The van der Waals surface area contributed by atoms with E-state index in [2.05, 4.69) is 15.5 Å². The minimum absolute atomic E-state index is 0.126. The summed E-state index contributed by atoms with van der Waals surface area (Å²) in [6.07, 6.45) is 5.18. The summed E-state index contributed by atoms with van der Waals surface area (Å²) in [5, 5.41) is 5.80. The van der Waals surface area contributed by atoms with E-state index in [1.54, 1.807) is 6.07 Å². The molecule has 3 heterocycles. The molecule has 3 atom stereocenters. The normalized spacial score (nSPS) is 29.4. The van der Waals surface area contributed by atoms with Crippen LogP contribution in [0.5, 0.6) is 0 Å². The van der Waals surface area contributed by atoms with Crippen LogP contribution in [0, 0.1) is 5.92 Å². The van der Waals surface area contributed by atoms with Gasteiger partial charge in [0.05, 0.1) is 11.1 Å². The molecule has 8 nitrogen and oxygen atoms in total. The number of piperidine rings is 1. The zero-order chi connectivity index (χ0) is 21.5. The van der Waals surface area contributed by atoms with Gasteiger partial charge in [-0.15, -0.1) is 0 Å². The quantitative estimate of drug-likeness (QED) is 0.704. The van der Waals surface area contributed by atoms with Crippen LogP contribution in [0.1, 0.15) is 64.8 Å². The van der Waals surface area contributed by atoms with Gasteiger partial charge in [-0.25, -0.2) is 0 Å². The first kappa shape index (κ1) is 20.3. The molecule has 0 spiro atoms. The highest BCUT2D eigenvalue weighted by atomic mass is 16.2. The van der Waals surface area contributed by atoms with Crippen LogP contribution in [0.15, 0.2) is 18.2 Å². The Morgan fingerprint density at radius 1 is 1.00 bits per heavy atom. The number of carbonyl (C=O) groups is 4. The van der Waals surface area contributed by atoms with E-state index in [-0.39, 0.29) is 18.7 Å². The molecule has 2 saturated heterocycles. The second-order valence-electron chi connectivity index (χ2n) is 9.07. The Labute approximate surface area is 181 Å². The second-order valence-corrected chi connectivity index (χ2v) is 9.07. The third kappa shape index (κ3) is 3.57. The highest BCUT2D eigenvalue weighted by Gasteiger charge is 2.45. The molecule has 1 aromatic carbocycles. The zero-order valence-corrected chi connectivity index (χ0v) is 17.6. The third-order valence-electron chi connectivity index (χ3n) is 7.25. The van der Waals surface area contributed by atoms with Crippen molar-refractivity contribution in [1.29, 1.82) is 0 Å². The Kier molecular flexibility index (Phi) is 5.35. The van der Waals surface area contributed by atoms with Gasteiger partial charge in [0.1, 0.15) is 6.04 Å².